The summed E-state index contributed by atoms with van der Waals surface area (Å²) >= 11 is 3.66. The first kappa shape index (κ1) is 9.86. The summed E-state index contributed by atoms with van der Waals surface area (Å²) in [6, 6.07) is 7.40. The standard InChI is InChI=1S/C13H16BrN/c14-12-4-1-3-9-10(12)6-7-11(9)13-5-2-8-15-13/h1,3-4,11,13,15H,2,5-8H2. The molecule has 1 aliphatic carbocycles. The highest BCUT2D eigenvalue weighted by Crippen LogP contribution is 2.40. The Morgan fingerprint density at radius 1 is 1.27 bits per heavy atom. The number of nitrogens with one attached hydrogen (secondary N) is 1. The first-order valence-corrected chi connectivity index (χ1v) is 6.66. The van der Waals surface area contributed by atoms with E-state index in [1.807, 2.05) is 0 Å². The van der Waals surface area contributed by atoms with Gasteiger partial charge in [-0.15, -0.1) is 0 Å². The average molecular weight is 266 g/mol. The van der Waals surface area contributed by atoms with Gasteiger partial charge in [0.25, 0.3) is 0 Å². The molecule has 1 aliphatic heterocycles. The molecule has 2 heteroatoms. The lowest BCUT2D eigenvalue weighted by molar-refractivity contribution is 0.486. The molecule has 1 fully saturated rings. The van der Waals surface area contributed by atoms with E-state index in [-0.39, 0.29) is 0 Å². The Morgan fingerprint density at radius 2 is 2.20 bits per heavy atom. The van der Waals surface area contributed by atoms with Crippen LogP contribution in [-0.4, -0.2) is 12.6 Å². The largest absolute Gasteiger partial charge is 0.313 e. The van der Waals surface area contributed by atoms with Crippen molar-refractivity contribution >= 4 is 15.9 Å². The zero-order chi connectivity index (χ0) is 10.3. The summed E-state index contributed by atoms with van der Waals surface area (Å²) in [6.07, 6.45) is 5.29. The Bertz CT molecular complexity index is 369. The molecule has 2 aliphatic rings. The third-order valence-electron chi connectivity index (χ3n) is 3.84. The summed E-state index contributed by atoms with van der Waals surface area (Å²) in [5, 5.41) is 3.64. The van der Waals surface area contributed by atoms with Gasteiger partial charge in [0, 0.05) is 10.5 Å². The van der Waals surface area contributed by atoms with Gasteiger partial charge < -0.3 is 5.32 Å². The van der Waals surface area contributed by atoms with Gasteiger partial charge in [-0.2, -0.15) is 0 Å². The lowest BCUT2D eigenvalue weighted by Gasteiger charge is -2.19. The predicted molar refractivity (Wildman–Crippen MR) is 66.2 cm³/mol. The molecule has 0 aromatic heterocycles. The molecule has 1 nitrogen and oxygen atoms in total. The van der Waals surface area contributed by atoms with Gasteiger partial charge in [0.15, 0.2) is 0 Å². The van der Waals surface area contributed by atoms with Crippen molar-refractivity contribution in [3.63, 3.8) is 0 Å². The van der Waals surface area contributed by atoms with Gasteiger partial charge in [0.05, 0.1) is 0 Å². The van der Waals surface area contributed by atoms with Crippen LogP contribution in [-0.2, 0) is 6.42 Å². The number of rotatable bonds is 1. The summed E-state index contributed by atoms with van der Waals surface area (Å²) in [6.45, 7) is 1.21. The molecule has 1 aromatic rings. The Kier molecular flexibility index (Phi) is 2.57. The highest BCUT2D eigenvalue weighted by Gasteiger charge is 2.31. The SMILES string of the molecule is Brc1cccc2c1CCC2C1CCCN1. The van der Waals surface area contributed by atoms with Gasteiger partial charge in [-0.05, 0) is 55.3 Å². The topological polar surface area (TPSA) is 12.0 Å². The zero-order valence-electron chi connectivity index (χ0n) is 8.80. The van der Waals surface area contributed by atoms with Crippen LogP contribution in [0, 0.1) is 0 Å². The first-order valence-electron chi connectivity index (χ1n) is 5.87. The van der Waals surface area contributed by atoms with Gasteiger partial charge in [-0.25, -0.2) is 0 Å². The lowest BCUT2D eigenvalue weighted by Crippen LogP contribution is -2.27. The van der Waals surface area contributed by atoms with Crippen LogP contribution in [0.4, 0.5) is 0 Å². The molecule has 1 saturated heterocycles. The van der Waals surface area contributed by atoms with Crippen LogP contribution >= 0.6 is 15.9 Å². The summed E-state index contributed by atoms with van der Waals surface area (Å²) < 4.78 is 1.31. The van der Waals surface area contributed by atoms with Crippen LogP contribution in [0.25, 0.3) is 0 Å². The molecule has 1 N–H and O–H groups in total. The molecular weight excluding hydrogens is 250 g/mol. The Hall–Kier alpha value is -0.340. The number of hydrogen-bond acceptors (Lipinski definition) is 1. The van der Waals surface area contributed by atoms with Crippen molar-refractivity contribution in [2.45, 2.75) is 37.6 Å². The molecule has 2 unspecified atom stereocenters. The van der Waals surface area contributed by atoms with E-state index in [9.17, 15) is 0 Å². The second-order valence-corrected chi connectivity index (χ2v) is 5.51. The van der Waals surface area contributed by atoms with Crippen LogP contribution in [0.15, 0.2) is 22.7 Å². The molecule has 3 rings (SSSR count). The third kappa shape index (κ3) is 1.64. The fourth-order valence-corrected chi connectivity index (χ4v) is 3.69. The lowest BCUT2D eigenvalue weighted by atomic mass is 9.92. The van der Waals surface area contributed by atoms with Crippen LogP contribution in [0.1, 0.15) is 36.3 Å². The van der Waals surface area contributed by atoms with Gasteiger partial charge >= 0.3 is 0 Å². The van der Waals surface area contributed by atoms with E-state index in [4.69, 9.17) is 0 Å². The molecule has 0 amide bonds. The van der Waals surface area contributed by atoms with Crippen molar-refractivity contribution in [3.05, 3.63) is 33.8 Å². The summed E-state index contributed by atoms with van der Waals surface area (Å²) in [5.74, 6) is 0.764. The molecule has 0 saturated carbocycles. The maximum absolute atomic E-state index is 3.66. The van der Waals surface area contributed by atoms with Crippen molar-refractivity contribution in [3.8, 4) is 0 Å². The summed E-state index contributed by atoms with van der Waals surface area (Å²) in [4.78, 5) is 0. The molecule has 15 heavy (non-hydrogen) atoms. The Balaban J connectivity index is 1.94. The maximum Gasteiger partial charge on any atom is 0.0210 e. The van der Waals surface area contributed by atoms with Crippen LogP contribution in [0.5, 0.6) is 0 Å². The fourth-order valence-electron chi connectivity index (χ4n) is 3.11. The minimum atomic E-state index is 0.737. The van der Waals surface area contributed by atoms with Crippen LogP contribution in [0.2, 0.25) is 0 Å². The van der Waals surface area contributed by atoms with Crippen molar-refractivity contribution in [2.75, 3.05) is 6.54 Å². The predicted octanol–water partition coefficient (Wildman–Crippen LogP) is 3.23. The maximum atomic E-state index is 3.66. The first-order chi connectivity index (χ1) is 7.36. The average Bonchev–Trinajstić information content (AvgIpc) is 2.85. The molecule has 0 spiro atoms. The number of fused-ring (bicyclic) bond motifs is 1. The van der Waals surface area contributed by atoms with Crippen molar-refractivity contribution < 1.29 is 0 Å². The van der Waals surface area contributed by atoms with Crippen molar-refractivity contribution in [1.29, 1.82) is 0 Å². The summed E-state index contributed by atoms with van der Waals surface area (Å²) in [5.41, 5.74) is 3.14. The minimum absolute atomic E-state index is 0.737. The number of hydrogen-bond donors (Lipinski definition) is 1. The van der Waals surface area contributed by atoms with E-state index >= 15 is 0 Å². The van der Waals surface area contributed by atoms with Gasteiger partial charge in [0.1, 0.15) is 0 Å². The molecule has 0 bridgehead atoms. The summed E-state index contributed by atoms with van der Waals surface area (Å²) in [7, 11) is 0. The van der Waals surface area contributed by atoms with E-state index < -0.39 is 0 Å². The number of halogens is 1. The minimum Gasteiger partial charge on any atom is -0.313 e. The second kappa shape index (κ2) is 3.91. The molecule has 0 radical (unpaired) electrons. The van der Waals surface area contributed by atoms with E-state index in [1.165, 1.54) is 36.7 Å². The van der Waals surface area contributed by atoms with Gasteiger partial charge in [0.2, 0.25) is 0 Å². The molecule has 2 atom stereocenters. The highest BCUT2D eigenvalue weighted by atomic mass is 79.9. The normalized spacial score (nSPS) is 29.4. The Labute approximate surface area is 99.4 Å². The zero-order valence-corrected chi connectivity index (χ0v) is 10.4. The van der Waals surface area contributed by atoms with E-state index in [1.54, 1.807) is 11.1 Å². The van der Waals surface area contributed by atoms with Crippen molar-refractivity contribution in [1.82, 2.24) is 5.32 Å². The second-order valence-electron chi connectivity index (χ2n) is 4.66. The molecule has 80 valence electrons. The van der Waals surface area contributed by atoms with Gasteiger partial charge in [-0.1, -0.05) is 28.1 Å². The van der Waals surface area contributed by atoms with E-state index in [2.05, 4.69) is 39.4 Å². The van der Waals surface area contributed by atoms with E-state index in [0.717, 1.165) is 12.0 Å². The third-order valence-corrected chi connectivity index (χ3v) is 4.59. The van der Waals surface area contributed by atoms with Gasteiger partial charge in [-0.3, -0.25) is 0 Å². The Morgan fingerprint density at radius 3 is 3.00 bits per heavy atom. The van der Waals surface area contributed by atoms with Crippen LogP contribution < -0.4 is 5.32 Å². The highest BCUT2D eigenvalue weighted by molar-refractivity contribution is 9.10. The molecular formula is C13H16BrN. The number of benzene rings is 1. The molecule has 1 aromatic carbocycles. The fraction of sp³-hybridized carbons (Fsp3) is 0.538. The molecule has 1 heterocycles. The quantitative estimate of drug-likeness (QED) is 0.822. The van der Waals surface area contributed by atoms with E-state index in [0.29, 0.717) is 0 Å². The van der Waals surface area contributed by atoms with Crippen molar-refractivity contribution in [2.24, 2.45) is 0 Å². The monoisotopic (exact) mass is 265 g/mol. The smallest absolute Gasteiger partial charge is 0.0210 e. The van der Waals surface area contributed by atoms with Crippen LogP contribution in [0.3, 0.4) is 0 Å².